The third kappa shape index (κ3) is 0.960. The second-order valence-corrected chi connectivity index (χ2v) is 6.30. The fourth-order valence-corrected chi connectivity index (χ4v) is 4.12. The fraction of sp³-hybridized carbons (Fsp3) is 0.600. The van der Waals surface area contributed by atoms with Crippen molar-refractivity contribution in [2.75, 3.05) is 0 Å². The third-order valence-corrected chi connectivity index (χ3v) is 5.56. The summed E-state index contributed by atoms with van der Waals surface area (Å²) < 4.78 is 11.1. The molecule has 0 radical (unpaired) electrons. The van der Waals surface area contributed by atoms with E-state index in [1.807, 2.05) is 20.8 Å². The smallest absolute Gasteiger partial charge is 0.234 e. The van der Waals surface area contributed by atoms with Crippen LogP contribution < -0.4 is 0 Å². The Balaban J connectivity index is 2.02. The van der Waals surface area contributed by atoms with Gasteiger partial charge in [-0.2, -0.15) is 0 Å². The van der Waals surface area contributed by atoms with Crippen LogP contribution in [0, 0.1) is 18.3 Å². The van der Waals surface area contributed by atoms with Gasteiger partial charge in [-0.3, -0.25) is 9.59 Å². The van der Waals surface area contributed by atoms with Gasteiger partial charge < -0.3 is 9.15 Å². The molecule has 1 aliphatic heterocycles. The minimum atomic E-state index is -0.945. The van der Waals surface area contributed by atoms with Crippen molar-refractivity contribution in [3.05, 3.63) is 23.2 Å². The van der Waals surface area contributed by atoms with Gasteiger partial charge in [0.1, 0.15) is 0 Å². The highest BCUT2D eigenvalue weighted by Crippen LogP contribution is 2.65. The van der Waals surface area contributed by atoms with E-state index in [9.17, 15) is 9.59 Å². The monoisotopic (exact) mass is 260 g/mol. The number of ketones is 2. The maximum Gasteiger partial charge on any atom is 0.234 e. The first-order chi connectivity index (χ1) is 8.94. The summed E-state index contributed by atoms with van der Waals surface area (Å²) in [5, 5.41) is 0. The number of hydrogen-bond acceptors (Lipinski definition) is 4. The lowest BCUT2D eigenvalue weighted by atomic mass is 9.54. The number of carbonyl (C=O) groups is 2. The highest BCUT2D eigenvalue weighted by Gasteiger charge is 2.79. The van der Waals surface area contributed by atoms with Crippen molar-refractivity contribution in [1.82, 2.24) is 0 Å². The van der Waals surface area contributed by atoms with Gasteiger partial charge in [-0.25, -0.2) is 0 Å². The number of fused-ring (bicyclic) bond motifs is 1. The summed E-state index contributed by atoms with van der Waals surface area (Å²) in [4.78, 5) is 25.7. The molecule has 0 N–H and O–H groups in total. The van der Waals surface area contributed by atoms with Crippen molar-refractivity contribution < 1.29 is 18.7 Å². The zero-order valence-electron chi connectivity index (χ0n) is 11.3. The van der Waals surface area contributed by atoms with Crippen LogP contribution in [-0.2, 0) is 4.74 Å². The number of aryl methyl sites for hydroxylation is 1. The Hall–Kier alpha value is -1.42. The van der Waals surface area contributed by atoms with Crippen LogP contribution in [0.5, 0.6) is 0 Å². The number of carbonyl (C=O) groups excluding carboxylic acids is 2. The molecule has 0 bridgehead atoms. The van der Waals surface area contributed by atoms with Gasteiger partial charge in [0.05, 0.1) is 23.3 Å². The molecule has 2 aliphatic carbocycles. The molecule has 4 rings (SSSR count). The number of ether oxygens (including phenoxy) is 1. The highest BCUT2D eigenvalue weighted by atomic mass is 16.6. The van der Waals surface area contributed by atoms with E-state index in [4.69, 9.17) is 9.15 Å². The molecule has 0 unspecified atom stereocenters. The number of Topliss-reactive ketones (excluding diaryl/α,β-unsaturated/α-hetero) is 2. The molecule has 1 spiro atoms. The number of rotatable bonds is 0. The molecule has 3 aliphatic rings. The standard InChI is InChI=1S/C15H16O4/c1-7-6-18-11-10(7)12(16)14(3)8(2)4-5-9-15(14,19-9)13(11)17/h6,8-9H,4-5H2,1-3H3/t8-,9+,14-,15-/m0/s1. The summed E-state index contributed by atoms with van der Waals surface area (Å²) in [6, 6.07) is 0. The van der Waals surface area contributed by atoms with Crippen LogP contribution in [0.3, 0.4) is 0 Å². The van der Waals surface area contributed by atoms with E-state index in [2.05, 4.69) is 0 Å². The van der Waals surface area contributed by atoms with Crippen LogP contribution in [0.15, 0.2) is 10.7 Å². The summed E-state index contributed by atoms with van der Waals surface area (Å²) in [6.07, 6.45) is 3.17. The van der Waals surface area contributed by atoms with Gasteiger partial charge in [0.2, 0.25) is 5.78 Å². The molecule has 4 nitrogen and oxygen atoms in total. The van der Waals surface area contributed by atoms with Crippen molar-refractivity contribution in [1.29, 1.82) is 0 Å². The molecule has 2 heterocycles. The number of epoxide rings is 1. The van der Waals surface area contributed by atoms with Crippen molar-refractivity contribution in [2.45, 2.75) is 45.3 Å². The van der Waals surface area contributed by atoms with Gasteiger partial charge in [-0.05, 0) is 38.2 Å². The van der Waals surface area contributed by atoms with Gasteiger partial charge in [0, 0.05) is 0 Å². The molecule has 4 heteroatoms. The SMILES string of the molecule is Cc1coc2c1C(=O)[C@]1(C)[C@@H](C)CC[C@H]3O[C@]31C2=O. The summed E-state index contributed by atoms with van der Waals surface area (Å²) in [5.41, 5.74) is -0.464. The lowest BCUT2D eigenvalue weighted by Gasteiger charge is -2.43. The van der Waals surface area contributed by atoms with Gasteiger partial charge in [-0.1, -0.05) is 6.92 Å². The molecular weight excluding hydrogens is 244 g/mol. The van der Waals surface area contributed by atoms with E-state index in [0.717, 1.165) is 18.4 Å². The van der Waals surface area contributed by atoms with Crippen LogP contribution in [0.4, 0.5) is 0 Å². The van der Waals surface area contributed by atoms with E-state index in [1.54, 1.807) is 0 Å². The first-order valence-corrected chi connectivity index (χ1v) is 6.80. The predicted octanol–water partition coefficient (Wildman–Crippen LogP) is 2.54. The Bertz CT molecular complexity index is 628. The molecule has 0 amide bonds. The quantitative estimate of drug-likeness (QED) is 0.672. The van der Waals surface area contributed by atoms with Gasteiger partial charge in [-0.15, -0.1) is 0 Å². The van der Waals surface area contributed by atoms with E-state index in [1.165, 1.54) is 6.26 Å². The lowest BCUT2D eigenvalue weighted by molar-refractivity contribution is 0.0282. The molecule has 1 aromatic heterocycles. The van der Waals surface area contributed by atoms with Crippen molar-refractivity contribution in [2.24, 2.45) is 11.3 Å². The maximum absolute atomic E-state index is 13.0. The minimum absolute atomic E-state index is 0.0167. The second kappa shape index (κ2) is 3.01. The normalized spacial score (nSPS) is 43.5. The average Bonchev–Trinajstić information content (AvgIpc) is 3.01. The molecule has 19 heavy (non-hydrogen) atoms. The van der Waals surface area contributed by atoms with E-state index in [-0.39, 0.29) is 29.3 Å². The third-order valence-electron chi connectivity index (χ3n) is 5.56. The number of hydrogen-bond donors (Lipinski definition) is 0. The Labute approximate surface area is 111 Å². The zero-order valence-corrected chi connectivity index (χ0v) is 11.3. The van der Waals surface area contributed by atoms with Crippen LogP contribution in [-0.4, -0.2) is 23.3 Å². The minimum Gasteiger partial charge on any atom is -0.460 e. The molecule has 2 fully saturated rings. The second-order valence-electron chi connectivity index (χ2n) is 6.30. The zero-order chi connectivity index (χ0) is 13.6. The van der Waals surface area contributed by atoms with E-state index in [0.29, 0.717) is 5.56 Å². The summed E-state index contributed by atoms with van der Waals surface area (Å²) >= 11 is 0. The molecule has 0 aromatic carbocycles. The lowest BCUT2D eigenvalue weighted by Crippen LogP contribution is -2.58. The predicted molar refractivity (Wildman–Crippen MR) is 66.2 cm³/mol. The highest BCUT2D eigenvalue weighted by molar-refractivity contribution is 6.21. The van der Waals surface area contributed by atoms with Crippen molar-refractivity contribution in [3.63, 3.8) is 0 Å². The first kappa shape index (κ1) is 11.4. The molecule has 1 saturated carbocycles. The molecule has 1 aromatic rings. The van der Waals surface area contributed by atoms with E-state index >= 15 is 0 Å². The van der Waals surface area contributed by atoms with Crippen molar-refractivity contribution >= 4 is 11.6 Å². The topological polar surface area (TPSA) is 59.8 Å². The summed E-state index contributed by atoms with van der Waals surface area (Å²) in [7, 11) is 0. The Morgan fingerprint density at radius 1 is 1.26 bits per heavy atom. The van der Waals surface area contributed by atoms with Gasteiger partial charge in [0.15, 0.2) is 17.1 Å². The Morgan fingerprint density at radius 2 is 2.00 bits per heavy atom. The largest absolute Gasteiger partial charge is 0.460 e. The van der Waals surface area contributed by atoms with Crippen LogP contribution in [0.25, 0.3) is 0 Å². The summed E-state index contributed by atoms with van der Waals surface area (Å²) in [5.74, 6) is 0.235. The Kier molecular flexibility index (Phi) is 1.81. The number of furan rings is 1. The van der Waals surface area contributed by atoms with Crippen LogP contribution in [0.2, 0.25) is 0 Å². The van der Waals surface area contributed by atoms with Crippen LogP contribution >= 0.6 is 0 Å². The molecular formula is C15H16O4. The first-order valence-electron chi connectivity index (χ1n) is 6.80. The average molecular weight is 260 g/mol. The van der Waals surface area contributed by atoms with E-state index < -0.39 is 11.0 Å². The van der Waals surface area contributed by atoms with Gasteiger partial charge in [0.25, 0.3) is 0 Å². The van der Waals surface area contributed by atoms with Crippen LogP contribution in [0.1, 0.15) is 53.2 Å². The molecule has 100 valence electrons. The Morgan fingerprint density at radius 3 is 2.74 bits per heavy atom. The summed E-state index contributed by atoms with van der Waals surface area (Å²) in [6.45, 7) is 5.76. The molecule has 1 saturated heterocycles. The maximum atomic E-state index is 13.0. The van der Waals surface area contributed by atoms with Crippen molar-refractivity contribution in [3.8, 4) is 0 Å². The molecule has 4 atom stereocenters. The fourth-order valence-electron chi connectivity index (χ4n) is 4.12. The van der Waals surface area contributed by atoms with Gasteiger partial charge >= 0.3 is 0 Å².